The van der Waals surface area contributed by atoms with Gasteiger partial charge in [0.25, 0.3) is 10.0 Å². The van der Waals surface area contributed by atoms with Crippen LogP contribution in [0.1, 0.15) is 43.0 Å². The maximum atomic E-state index is 14.5. The molecule has 0 aromatic heterocycles. The fraction of sp³-hybridized carbons (Fsp3) is 0.250. The highest BCUT2D eigenvalue weighted by atomic mass is 35.5. The number of carbonyl (C=O) groups excluding carboxylic acids is 1. The van der Waals surface area contributed by atoms with Crippen molar-refractivity contribution in [3.63, 3.8) is 0 Å². The van der Waals surface area contributed by atoms with E-state index >= 15 is 0 Å². The van der Waals surface area contributed by atoms with E-state index in [1.54, 1.807) is 44.2 Å². The normalized spacial score (nSPS) is 18.1. The quantitative estimate of drug-likeness (QED) is 0.270. The molecule has 2 atom stereocenters. The molecule has 4 rings (SSSR count). The monoisotopic (exact) mass is 580 g/mol. The second kappa shape index (κ2) is 10.7. The number of rotatable bonds is 5. The van der Waals surface area contributed by atoms with Crippen LogP contribution in [0.15, 0.2) is 65.6 Å². The summed E-state index contributed by atoms with van der Waals surface area (Å²) in [7, 11) is -4.51. The van der Waals surface area contributed by atoms with Crippen molar-refractivity contribution in [3.05, 3.63) is 93.8 Å². The maximum absolute atomic E-state index is 14.5. The molecular weight excluding hydrogens is 556 g/mol. The molecule has 206 valence electrons. The number of halogens is 5. The Hall–Kier alpha value is -3.37. The van der Waals surface area contributed by atoms with Crippen LogP contribution in [0.4, 0.5) is 23.2 Å². The van der Waals surface area contributed by atoms with Gasteiger partial charge in [-0.3, -0.25) is 9.10 Å². The van der Waals surface area contributed by atoms with E-state index in [4.69, 9.17) is 11.6 Å². The third-order valence-corrected chi connectivity index (χ3v) is 8.80. The zero-order chi connectivity index (χ0) is 28.7. The number of fused-ring (bicyclic) bond motifs is 1. The molecule has 3 aromatic carbocycles. The number of anilines is 1. The lowest BCUT2D eigenvalue weighted by Gasteiger charge is -2.41. The number of nitrogens with zero attached hydrogens (tertiary/aromatic N) is 1. The van der Waals surface area contributed by atoms with Crippen molar-refractivity contribution in [3.8, 4) is 0 Å². The molecule has 0 unspecified atom stereocenters. The summed E-state index contributed by atoms with van der Waals surface area (Å²) in [5.74, 6) is -0.890. The minimum atomic E-state index is -4.74. The Morgan fingerprint density at radius 3 is 2.41 bits per heavy atom. The molecule has 1 amide bonds. The molecule has 0 saturated heterocycles. The van der Waals surface area contributed by atoms with Crippen LogP contribution in [0.3, 0.4) is 0 Å². The van der Waals surface area contributed by atoms with Crippen LogP contribution in [-0.2, 0) is 27.4 Å². The van der Waals surface area contributed by atoms with Crippen molar-refractivity contribution >= 4 is 44.9 Å². The Morgan fingerprint density at radius 1 is 1.08 bits per heavy atom. The molecule has 39 heavy (non-hydrogen) atoms. The Kier molecular flexibility index (Phi) is 7.82. The predicted octanol–water partition coefficient (Wildman–Crippen LogP) is 6.70. The number of allylic oxidation sites excluding steroid dienone is 1. The molecule has 3 aromatic rings. The van der Waals surface area contributed by atoms with Gasteiger partial charge in [-0.15, -0.1) is 0 Å². The van der Waals surface area contributed by atoms with Gasteiger partial charge in [0.05, 0.1) is 33.3 Å². The van der Waals surface area contributed by atoms with Gasteiger partial charge in [0.15, 0.2) is 0 Å². The van der Waals surface area contributed by atoms with E-state index < -0.39 is 44.6 Å². The first-order chi connectivity index (χ1) is 18.2. The van der Waals surface area contributed by atoms with E-state index in [2.05, 4.69) is 5.32 Å². The van der Waals surface area contributed by atoms with Gasteiger partial charge in [-0.05, 0) is 73.4 Å². The fourth-order valence-corrected chi connectivity index (χ4v) is 6.84. The summed E-state index contributed by atoms with van der Waals surface area (Å²) in [5, 5.41) is 2.96. The molecule has 0 saturated carbocycles. The molecule has 1 aliphatic heterocycles. The summed E-state index contributed by atoms with van der Waals surface area (Å²) >= 11 is 6.20. The van der Waals surface area contributed by atoms with E-state index in [0.717, 1.165) is 22.5 Å². The first kappa shape index (κ1) is 28.6. The van der Waals surface area contributed by atoms with Crippen LogP contribution in [-0.4, -0.2) is 26.4 Å². The van der Waals surface area contributed by atoms with E-state index in [9.17, 15) is 30.8 Å². The number of amides is 1. The standard InChI is InChI=1S/C28H25ClF4N2O3S/c1-16(27-23(29)8-5-9-24(27)30)12-19-10-11-20-14-25(34-18(3)36)17(2)35(26(20)13-19)39(37,38)22-7-4-6-21(15-22)28(31,32)33/h4-13,15,17,25H,14H2,1-3H3,(H,34,36)/t17-,25-/m1/s1. The first-order valence-electron chi connectivity index (χ1n) is 11.9. The Balaban J connectivity index is 1.86. The van der Waals surface area contributed by atoms with Crippen LogP contribution in [0.2, 0.25) is 5.02 Å². The average molecular weight is 581 g/mol. The predicted molar refractivity (Wildman–Crippen MR) is 143 cm³/mol. The summed E-state index contributed by atoms with van der Waals surface area (Å²) in [5.41, 5.74) is 0.944. The average Bonchev–Trinajstić information content (AvgIpc) is 2.83. The van der Waals surface area contributed by atoms with Crippen LogP contribution in [0, 0.1) is 5.82 Å². The third-order valence-electron chi connectivity index (χ3n) is 6.59. The maximum Gasteiger partial charge on any atom is 0.416 e. The number of nitrogens with one attached hydrogen (secondary N) is 1. The zero-order valence-corrected chi connectivity index (χ0v) is 22.8. The summed E-state index contributed by atoms with van der Waals surface area (Å²) < 4.78 is 83.5. The van der Waals surface area contributed by atoms with Crippen LogP contribution < -0.4 is 9.62 Å². The second-order valence-corrected chi connectivity index (χ2v) is 11.6. The zero-order valence-electron chi connectivity index (χ0n) is 21.2. The molecular formula is C28H25ClF4N2O3S. The van der Waals surface area contributed by atoms with Gasteiger partial charge in [0.2, 0.25) is 5.91 Å². The summed E-state index contributed by atoms with van der Waals surface area (Å²) in [6.07, 6.45) is -2.80. The number of carbonyl (C=O) groups is 1. The molecule has 0 fully saturated rings. The first-order valence-corrected chi connectivity index (χ1v) is 13.8. The van der Waals surface area contributed by atoms with Crippen molar-refractivity contribution in [2.75, 3.05) is 4.31 Å². The van der Waals surface area contributed by atoms with Crippen molar-refractivity contribution in [1.82, 2.24) is 5.32 Å². The van der Waals surface area contributed by atoms with Crippen LogP contribution >= 0.6 is 11.6 Å². The Bertz CT molecular complexity index is 1550. The van der Waals surface area contributed by atoms with Gasteiger partial charge < -0.3 is 5.32 Å². The van der Waals surface area contributed by atoms with Gasteiger partial charge in [-0.1, -0.05) is 41.9 Å². The van der Waals surface area contributed by atoms with Crippen LogP contribution in [0.25, 0.3) is 11.6 Å². The van der Waals surface area contributed by atoms with Crippen molar-refractivity contribution in [1.29, 1.82) is 0 Å². The molecule has 0 spiro atoms. The van der Waals surface area contributed by atoms with Crippen molar-refractivity contribution in [2.24, 2.45) is 0 Å². The highest BCUT2D eigenvalue weighted by molar-refractivity contribution is 7.92. The largest absolute Gasteiger partial charge is 0.416 e. The van der Waals surface area contributed by atoms with E-state index in [-0.39, 0.29) is 22.2 Å². The van der Waals surface area contributed by atoms with Gasteiger partial charge in [-0.2, -0.15) is 13.2 Å². The highest BCUT2D eigenvalue weighted by Gasteiger charge is 2.40. The number of alkyl halides is 3. The lowest BCUT2D eigenvalue weighted by molar-refractivity contribution is -0.137. The molecule has 0 bridgehead atoms. The topological polar surface area (TPSA) is 66.5 Å². The minimum absolute atomic E-state index is 0.199. The number of benzene rings is 3. The Morgan fingerprint density at radius 2 is 1.77 bits per heavy atom. The molecule has 5 nitrogen and oxygen atoms in total. The molecule has 1 aliphatic rings. The Labute approximate surface area is 229 Å². The molecule has 1 N–H and O–H groups in total. The lowest BCUT2D eigenvalue weighted by atomic mass is 9.92. The molecule has 0 radical (unpaired) electrons. The molecule has 0 aliphatic carbocycles. The van der Waals surface area contributed by atoms with Crippen molar-refractivity contribution in [2.45, 2.75) is 50.3 Å². The van der Waals surface area contributed by atoms with Gasteiger partial charge in [0.1, 0.15) is 5.82 Å². The second-order valence-electron chi connectivity index (χ2n) is 9.39. The summed E-state index contributed by atoms with van der Waals surface area (Å²) in [6.45, 7) is 4.55. The van der Waals surface area contributed by atoms with E-state index in [1.807, 2.05) is 0 Å². The summed E-state index contributed by atoms with van der Waals surface area (Å²) in [6, 6.07) is 11.4. The third kappa shape index (κ3) is 5.81. The summed E-state index contributed by atoms with van der Waals surface area (Å²) in [4.78, 5) is 11.3. The number of hydrogen-bond acceptors (Lipinski definition) is 3. The van der Waals surface area contributed by atoms with Crippen LogP contribution in [0.5, 0.6) is 0 Å². The molecule has 1 heterocycles. The molecule has 11 heteroatoms. The highest BCUT2D eigenvalue weighted by Crippen LogP contribution is 2.39. The van der Waals surface area contributed by atoms with Gasteiger partial charge in [0, 0.05) is 12.5 Å². The minimum Gasteiger partial charge on any atom is -0.351 e. The van der Waals surface area contributed by atoms with Crippen molar-refractivity contribution < 1.29 is 30.8 Å². The van der Waals surface area contributed by atoms with Gasteiger partial charge >= 0.3 is 6.18 Å². The SMILES string of the molecule is CC(=O)N[C@@H]1Cc2ccc(C=C(C)c3c(F)cccc3Cl)cc2N(S(=O)(=O)c2cccc(C(F)(F)F)c2)[C@@H]1C. The van der Waals surface area contributed by atoms with E-state index in [0.29, 0.717) is 29.2 Å². The smallest absolute Gasteiger partial charge is 0.351 e. The number of sulfonamides is 1. The fourth-order valence-electron chi connectivity index (χ4n) is 4.76. The lowest BCUT2D eigenvalue weighted by Crippen LogP contribution is -2.56. The van der Waals surface area contributed by atoms with Gasteiger partial charge in [-0.25, -0.2) is 12.8 Å². The van der Waals surface area contributed by atoms with E-state index in [1.165, 1.54) is 19.1 Å². The number of hydrogen-bond donors (Lipinski definition) is 1.